The van der Waals surface area contributed by atoms with Crippen LogP contribution in [0.1, 0.15) is 37.5 Å². The standard InChI is InChI=1S/C15H26N2O2/c1-4-14-9-15(11-16,6-8-19-14)17(3)10-13-5-7-18-12(13)2/h5,7,14H,4,6,8-11,16H2,1-3H3. The lowest BCUT2D eigenvalue weighted by Gasteiger charge is -2.46. The molecule has 0 spiro atoms. The van der Waals surface area contributed by atoms with Crippen molar-refractivity contribution in [2.45, 2.75) is 51.3 Å². The topological polar surface area (TPSA) is 51.6 Å². The van der Waals surface area contributed by atoms with E-state index in [2.05, 4.69) is 18.9 Å². The van der Waals surface area contributed by atoms with Crippen molar-refractivity contribution in [1.29, 1.82) is 0 Å². The Morgan fingerprint density at radius 3 is 2.89 bits per heavy atom. The fourth-order valence-electron chi connectivity index (χ4n) is 2.95. The molecule has 0 saturated carbocycles. The van der Waals surface area contributed by atoms with Gasteiger partial charge in [0.2, 0.25) is 0 Å². The van der Waals surface area contributed by atoms with Crippen molar-refractivity contribution in [1.82, 2.24) is 4.90 Å². The summed E-state index contributed by atoms with van der Waals surface area (Å²) < 4.78 is 11.2. The van der Waals surface area contributed by atoms with E-state index in [9.17, 15) is 0 Å². The molecule has 2 N–H and O–H groups in total. The predicted molar refractivity (Wildman–Crippen MR) is 76.0 cm³/mol. The van der Waals surface area contributed by atoms with Crippen LogP contribution >= 0.6 is 0 Å². The number of nitrogens with two attached hydrogens (primary N) is 1. The van der Waals surface area contributed by atoms with E-state index in [4.69, 9.17) is 14.9 Å². The molecule has 2 unspecified atom stereocenters. The summed E-state index contributed by atoms with van der Waals surface area (Å²) in [6.07, 6.45) is 5.18. The minimum Gasteiger partial charge on any atom is -0.469 e. The molecule has 1 aromatic rings. The van der Waals surface area contributed by atoms with Gasteiger partial charge in [-0.1, -0.05) is 6.92 Å². The summed E-state index contributed by atoms with van der Waals surface area (Å²) in [4.78, 5) is 2.38. The molecule has 1 fully saturated rings. The first-order valence-corrected chi connectivity index (χ1v) is 7.17. The van der Waals surface area contributed by atoms with Crippen molar-refractivity contribution in [3.05, 3.63) is 23.7 Å². The van der Waals surface area contributed by atoms with E-state index in [1.165, 1.54) is 5.56 Å². The van der Waals surface area contributed by atoms with Crippen molar-refractivity contribution in [2.75, 3.05) is 20.2 Å². The summed E-state index contributed by atoms with van der Waals surface area (Å²) in [5.74, 6) is 0.998. The predicted octanol–water partition coefficient (Wildman–Crippen LogP) is 2.31. The van der Waals surface area contributed by atoms with E-state index in [-0.39, 0.29) is 5.54 Å². The lowest BCUT2D eigenvalue weighted by Crippen LogP contribution is -2.56. The van der Waals surface area contributed by atoms with Crippen LogP contribution < -0.4 is 5.73 Å². The van der Waals surface area contributed by atoms with Crippen LogP contribution in [0.3, 0.4) is 0 Å². The SMILES string of the molecule is CCC1CC(CN)(N(C)Cc2ccoc2C)CCO1. The van der Waals surface area contributed by atoms with Gasteiger partial charge in [-0.2, -0.15) is 0 Å². The number of aryl methyl sites for hydroxylation is 1. The lowest BCUT2D eigenvalue weighted by molar-refractivity contribution is -0.0672. The van der Waals surface area contributed by atoms with Gasteiger partial charge < -0.3 is 14.9 Å². The second-order valence-corrected chi connectivity index (χ2v) is 5.64. The highest BCUT2D eigenvalue weighted by molar-refractivity contribution is 5.16. The maximum absolute atomic E-state index is 6.10. The fourth-order valence-corrected chi connectivity index (χ4v) is 2.95. The van der Waals surface area contributed by atoms with Crippen LogP contribution in [-0.4, -0.2) is 36.7 Å². The molecule has 1 aliphatic rings. The molecule has 19 heavy (non-hydrogen) atoms. The molecule has 0 amide bonds. The lowest BCUT2D eigenvalue weighted by atomic mass is 9.84. The quantitative estimate of drug-likeness (QED) is 0.888. The summed E-state index contributed by atoms with van der Waals surface area (Å²) >= 11 is 0. The molecule has 1 saturated heterocycles. The van der Waals surface area contributed by atoms with Gasteiger partial charge in [-0.05, 0) is 39.3 Å². The zero-order valence-corrected chi connectivity index (χ0v) is 12.3. The molecule has 0 bridgehead atoms. The van der Waals surface area contributed by atoms with E-state index in [1.54, 1.807) is 6.26 Å². The molecule has 4 nitrogen and oxygen atoms in total. The minimum atomic E-state index is 0.0582. The number of likely N-dealkylation sites (N-methyl/N-ethyl adjacent to an activating group) is 1. The zero-order valence-electron chi connectivity index (χ0n) is 12.3. The van der Waals surface area contributed by atoms with Gasteiger partial charge in [-0.15, -0.1) is 0 Å². The molecule has 2 rings (SSSR count). The first-order valence-electron chi connectivity index (χ1n) is 7.17. The first-order chi connectivity index (χ1) is 9.11. The minimum absolute atomic E-state index is 0.0582. The van der Waals surface area contributed by atoms with Crippen molar-refractivity contribution >= 4 is 0 Å². The monoisotopic (exact) mass is 266 g/mol. The van der Waals surface area contributed by atoms with Crippen LogP contribution in [0.4, 0.5) is 0 Å². The number of ether oxygens (including phenoxy) is 1. The van der Waals surface area contributed by atoms with Crippen LogP contribution in [0.2, 0.25) is 0 Å². The molecular formula is C15H26N2O2. The van der Waals surface area contributed by atoms with Crippen LogP contribution in [0.15, 0.2) is 16.7 Å². The molecule has 2 heterocycles. The maximum Gasteiger partial charge on any atom is 0.105 e. The molecule has 2 atom stereocenters. The Morgan fingerprint density at radius 2 is 2.32 bits per heavy atom. The van der Waals surface area contributed by atoms with Crippen LogP contribution in [-0.2, 0) is 11.3 Å². The van der Waals surface area contributed by atoms with Gasteiger partial charge in [0.15, 0.2) is 0 Å². The van der Waals surface area contributed by atoms with Crippen molar-refractivity contribution in [3.63, 3.8) is 0 Å². The Bertz CT molecular complexity index is 405. The summed E-state index contributed by atoms with van der Waals surface area (Å²) in [6.45, 7) is 6.56. The second kappa shape index (κ2) is 6.07. The van der Waals surface area contributed by atoms with E-state index >= 15 is 0 Å². The fraction of sp³-hybridized carbons (Fsp3) is 0.733. The molecule has 108 valence electrons. The molecule has 0 aliphatic carbocycles. The average molecular weight is 266 g/mol. The molecule has 1 aliphatic heterocycles. The molecular weight excluding hydrogens is 240 g/mol. The Labute approximate surface area is 115 Å². The number of rotatable bonds is 5. The second-order valence-electron chi connectivity index (χ2n) is 5.64. The largest absolute Gasteiger partial charge is 0.469 e. The van der Waals surface area contributed by atoms with E-state index in [0.29, 0.717) is 12.6 Å². The molecule has 0 aromatic carbocycles. The van der Waals surface area contributed by atoms with Crippen molar-refractivity contribution < 1.29 is 9.15 Å². The first kappa shape index (κ1) is 14.6. The summed E-state index contributed by atoms with van der Waals surface area (Å²) in [7, 11) is 2.16. The average Bonchev–Trinajstić information content (AvgIpc) is 2.84. The Kier molecular flexibility index (Phi) is 4.66. The summed E-state index contributed by atoms with van der Waals surface area (Å²) in [5, 5.41) is 0. The number of nitrogens with zero attached hydrogens (tertiary/aromatic N) is 1. The highest BCUT2D eigenvalue weighted by Gasteiger charge is 2.38. The van der Waals surface area contributed by atoms with E-state index in [1.807, 2.05) is 13.0 Å². The molecule has 1 aromatic heterocycles. The highest BCUT2D eigenvalue weighted by atomic mass is 16.5. The Hall–Kier alpha value is -0.840. The molecule has 0 radical (unpaired) electrons. The highest BCUT2D eigenvalue weighted by Crippen LogP contribution is 2.32. The van der Waals surface area contributed by atoms with Gasteiger partial charge >= 0.3 is 0 Å². The van der Waals surface area contributed by atoms with E-state index in [0.717, 1.165) is 38.2 Å². The van der Waals surface area contributed by atoms with Gasteiger partial charge in [0.05, 0.1) is 12.4 Å². The normalized spacial score (nSPS) is 27.9. The maximum atomic E-state index is 6.10. The van der Waals surface area contributed by atoms with Crippen molar-refractivity contribution in [3.8, 4) is 0 Å². The third kappa shape index (κ3) is 3.02. The Balaban J connectivity index is 2.09. The van der Waals surface area contributed by atoms with Gasteiger partial charge in [0.1, 0.15) is 5.76 Å². The van der Waals surface area contributed by atoms with Gasteiger partial charge in [-0.3, -0.25) is 4.90 Å². The van der Waals surface area contributed by atoms with Crippen molar-refractivity contribution in [2.24, 2.45) is 5.73 Å². The molecule has 4 heteroatoms. The number of furan rings is 1. The van der Waals surface area contributed by atoms with Crippen LogP contribution in [0, 0.1) is 6.92 Å². The number of hydrogen-bond acceptors (Lipinski definition) is 4. The van der Waals surface area contributed by atoms with Crippen LogP contribution in [0.5, 0.6) is 0 Å². The Morgan fingerprint density at radius 1 is 1.53 bits per heavy atom. The summed E-state index contributed by atoms with van der Waals surface area (Å²) in [6, 6.07) is 2.05. The number of hydrogen-bond donors (Lipinski definition) is 1. The smallest absolute Gasteiger partial charge is 0.105 e. The van der Waals surface area contributed by atoms with Gasteiger partial charge in [0.25, 0.3) is 0 Å². The van der Waals surface area contributed by atoms with Gasteiger partial charge in [-0.25, -0.2) is 0 Å². The zero-order chi connectivity index (χ0) is 13.9. The third-order valence-corrected chi connectivity index (χ3v) is 4.55. The van der Waals surface area contributed by atoms with Gasteiger partial charge in [0, 0.05) is 30.8 Å². The summed E-state index contributed by atoms with van der Waals surface area (Å²) in [5.41, 5.74) is 7.41. The van der Waals surface area contributed by atoms with Crippen LogP contribution in [0.25, 0.3) is 0 Å². The van der Waals surface area contributed by atoms with E-state index < -0.39 is 0 Å². The third-order valence-electron chi connectivity index (χ3n) is 4.55.